The molecule has 1 N–H and O–H groups in total. The Hall–Kier alpha value is -6.30. The number of benzene rings is 7. The van der Waals surface area contributed by atoms with Crippen molar-refractivity contribution in [3.05, 3.63) is 186 Å². The van der Waals surface area contributed by atoms with Gasteiger partial charge in [0.2, 0.25) is 0 Å². The van der Waals surface area contributed by atoms with E-state index in [1.54, 1.807) is 0 Å². The fourth-order valence-corrected chi connectivity index (χ4v) is 9.06. The molecule has 1 atom stereocenters. The third kappa shape index (κ3) is 6.07. The van der Waals surface area contributed by atoms with Crippen molar-refractivity contribution in [3.63, 3.8) is 0 Å². The van der Waals surface area contributed by atoms with Gasteiger partial charge in [-0.1, -0.05) is 134 Å². The number of hydrogen-bond donors (Lipinski definition) is 1. The van der Waals surface area contributed by atoms with Gasteiger partial charge in [-0.25, -0.2) is 9.98 Å². The summed E-state index contributed by atoms with van der Waals surface area (Å²) in [5.41, 5.74) is 11.4. The highest BCUT2D eigenvalue weighted by Gasteiger charge is 2.20. The third-order valence-corrected chi connectivity index (χ3v) is 11.5. The number of nitrogens with one attached hydrogen (secondary N) is 1. The van der Waals surface area contributed by atoms with Crippen LogP contribution in [-0.4, -0.2) is 16.2 Å². The normalized spacial score (nSPS) is 14.1. The molecule has 0 fully saturated rings. The molecule has 0 bridgehead atoms. The summed E-state index contributed by atoms with van der Waals surface area (Å²) >= 11 is 1.92. The molecule has 0 radical (unpaired) electrons. The van der Waals surface area contributed by atoms with Crippen molar-refractivity contribution in [2.45, 2.75) is 33.4 Å². The molecule has 1 aliphatic heterocycles. The molecular formula is C49H40N4S. The zero-order valence-electron chi connectivity index (χ0n) is 30.6. The van der Waals surface area contributed by atoms with Gasteiger partial charge in [0.25, 0.3) is 0 Å². The van der Waals surface area contributed by atoms with Crippen LogP contribution in [0.25, 0.3) is 58.8 Å². The summed E-state index contributed by atoms with van der Waals surface area (Å²) in [4.78, 5) is 9.24. The maximum absolute atomic E-state index is 4.69. The van der Waals surface area contributed by atoms with Crippen LogP contribution < -0.4 is 5.32 Å². The Bertz CT molecular complexity index is 2850. The van der Waals surface area contributed by atoms with E-state index in [0.717, 1.165) is 29.2 Å². The summed E-state index contributed by atoms with van der Waals surface area (Å²) in [6.07, 6.45) is 0.833. The van der Waals surface area contributed by atoms with E-state index in [-0.39, 0.29) is 6.17 Å². The first-order valence-electron chi connectivity index (χ1n) is 18.6. The fraction of sp³-hybridized carbons (Fsp3) is 0.102. The molecule has 0 amide bonds. The van der Waals surface area contributed by atoms with Crippen LogP contribution >= 0.6 is 11.3 Å². The van der Waals surface area contributed by atoms with Gasteiger partial charge in [-0.15, -0.1) is 11.3 Å². The summed E-state index contributed by atoms with van der Waals surface area (Å²) in [5.74, 6) is 1.77. The first-order valence-corrected chi connectivity index (χ1v) is 19.4. The van der Waals surface area contributed by atoms with Gasteiger partial charge in [0, 0.05) is 47.8 Å². The molecule has 0 saturated carbocycles. The first kappa shape index (κ1) is 33.5. The van der Waals surface area contributed by atoms with Gasteiger partial charge < -0.3 is 9.88 Å². The summed E-state index contributed by atoms with van der Waals surface area (Å²) in [6, 6.07) is 58.1. The van der Waals surface area contributed by atoms with Crippen LogP contribution in [-0.2, 0) is 6.42 Å². The number of para-hydroxylation sites is 2. The highest BCUT2D eigenvalue weighted by atomic mass is 32.1. The van der Waals surface area contributed by atoms with Crippen molar-refractivity contribution in [3.8, 4) is 16.8 Å². The quantitative estimate of drug-likeness (QED) is 0.189. The topological polar surface area (TPSA) is 41.7 Å². The van der Waals surface area contributed by atoms with Gasteiger partial charge in [0.05, 0.1) is 11.0 Å². The van der Waals surface area contributed by atoms with Gasteiger partial charge in [-0.3, -0.25) is 0 Å². The number of hydrogen-bond acceptors (Lipinski definition) is 4. The number of aryl methyl sites for hydroxylation is 2. The lowest BCUT2D eigenvalue weighted by atomic mass is 9.91. The van der Waals surface area contributed by atoms with E-state index in [1.165, 1.54) is 69.9 Å². The number of nitrogens with zero attached hydrogens (tertiary/aromatic N) is 3. The predicted octanol–water partition coefficient (Wildman–Crippen LogP) is 12.8. The molecule has 262 valence electrons. The highest BCUT2D eigenvalue weighted by molar-refractivity contribution is 7.26. The Morgan fingerprint density at radius 2 is 1.28 bits per heavy atom. The molecule has 7 aromatic carbocycles. The minimum Gasteiger partial charge on any atom is -0.329 e. The fourth-order valence-electron chi connectivity index (χ4n) is 7.75. The van der Waals surface area contributed by atoms with E-state index in [2.05, 4.69) is 144 Å². The summed E-state index contributed by atoms with van der Waals surface area (Å²) in [6.45, 7) is 6.50. The van der Waals surface area contributed by atoms with Crippen LogP contribution in [0.2, 0.25) is 0 Å². The van der Waals surface area contributed by atoms with Crippen LogP contribution in [0.5, 0.6) is 0 Å². The maximum Gasteiger partial charge on any atom is 0.169 e. The second kappa shape index (κ2) is 14.3. The van der Waals surface area contributed by atoms with Crippen LogP contribution in [0.15, 0.2) is 174 Å². The van der Waals surface area contributed by atoms with Crippen molar-refractivity contribution >= 4 is 65.0 Å². The lowest BCUT2D eigenvalue weighted by Crippen LogP contribution is -2.33. The van der Waals surface area contributed by atoms with Gasteiger partial charge in [-0.05, 0) is 78.9 Å². The molecule has 54 heavy (non-hydrogen) atoms. The average Bonchev–Trinajstić information content (AvgIpc) is 3.76. The maximum atomic E-state index is 4.69. The van der Waals surface area contributed by atoms with Crippen LogP contribution in [0, 0.1) is 6.92 Å². The number of thiophene rings is 1. The number of rotatable bonds is 5. The summed E-state index contributed by atoms with van der Waals surface area (Å²) in [5, 5.41) is 8.56. The van der Waals surface area contributed by atoms with Gasteiger partial charge >= 0.3 is 0 Å². The Kier molecular flexibility index (Phi) is 8.85. The average molecular weight is 717 g/mol. The Labute approximate surface area is 319 Å². The smallest absolute Gasteiger partial charge is 0.169 e. The number of fused-ring (bicyclic) bond motifs is 6. The molecule has 5 heteroatoms. The molecule has 0 aliphatic carbocycles. The number of aromatic nitrogens is 1. The summed E-state index contributed by atoms with van der Waals surface area (Å²) in [7, 11) is 0. The Morgan fingerprint density at radius 1 is 0.611 bits per heavy atom. The van der Waals surface area contributed by atoms with Gasteiger partial charge in [0.1, 0.15) is 11.7 Å². The van der Waals surface area contributed by atoms with E-state index in [0.29, 0.717) is 0 Å². The van der Waals surface area contributed by atoms with Crippen LogP contribution in [0.4, 0.5) is 0 Å². The lowest BCUT2D eigenvalue weighted by Gasteiger charge is -2.20. The largest absolute Gasteiger partial charge is 0.329 e. The molecule has 1 unspecified atom stereocenters. The molecule has 3 heterocycles. The highest BCUT2D eigenvalue weighted by Crippen LogP contribution is 2.44. The Morgan fingerprint density at radius 3 is 2.04 bits per heavy atom. The van der Waals surface area contributed by atoms with Crippen LogP contribution in [0.1, 0.15) is 42.3 Å². The lowest BCUT2D eigenvalue weighted by molar-refractivity contribution is 0.754. The van der Waals surface area contributed by atoms with Gasteiger partial charge in [-0.2, -0.15) is 0 Å². The van der Waals surface area contributed by atoms with E-state index in [4.69, 9.17) is 4.99 Å². The second-order valence-electron chi connectivity index (χ2n) is 13.8. The molecule has 2 aromatic heterocycles. The molecule has 0 saturated heterocycles. The van der Waals surface area contributed by atoms with Gasteiger partial charge in [0.15, 0.2) is 6.17 Å². The standard InChI is InChI=1S/C33H25NS.C16H15N3/c1-3-22-19-30-28(24-13-7-9-15-29(24)34(30)23-11-5-4-6-12-23)20-27(22)32-21(2)17-18-26-25-14-8-10-16-31(25)35-33(26)32;1-12-17-15(13-8-4-2-5-9-13)19-16(18-12)14-10-6-3-7-11-14/h4-20H,3H2,1-2H3;2-11,15H,1H3,(H,17,18,19). The zero-order chi connectivity index (χ0) is 36.6. The third-order valence-electron chi connectivity index (χ3n) is 10.3. The molecule has 9 aromatic rings. The predicted molar refractivity (Wildman–Crippen MR) is 232 cm³/mol. The van der Waals surface area contributed by atoms with Crippen molar-refractivity contribution in [2.75, 3.05) is 0 Å². The van der Waals surface area contributed by atoms with Crippen molar-refractivity contribution in [1.29, 1.82) is 0 Å². The minimum absolute atomic E-state index is 0.155. The van der Waals surface area contributed by atoms with E-state index < -0.39 is 0 Å². The monoisotopic (exact) mass is 716 g/mol. The number of amidine groups is 2. The minimum atomic E-state index is -0.155. The zero-order valence-corrected chi connectivity index (χ0v) is 31.4. The molecular weight excluding hydrogens is 677 g/mol. The van der Waals surface area contributed by atoms with E-state index >= 15 is 0 Å². The SMILES string of the molecule is CC1=NC(c2ccccc2)N=C(c2ccccc2)N1.CCc1cc2c(cc1-c1c(C)ccc3c1sc1ccccc13)c1ccccc1n2-c1ccccc1. The van der Waals surface area contributed by atoms with E-state index in [1.807, 2.05) is 66.8 Å². The molecule has 10 rings (SSSR count). The Balaban J connectivity index is 0.000000171. The second-order valence-corrected chi connectivity index (χ2v) is 14.8. The first-order chi connectivity index (χ1) is 26.6. The van der Waals surface area contributed by atoms with E-state index in [9.17, 15) is 0 Å². The molecule has 0 spiro atoms. The number of aliphatic imine (C=N–C) groups is 2. The molecule has 1 aliphatic rings. The molecule has 4 nitrogen and oxygen atoms in total. The summed E-state index contributed by atoms with van der Waals surface area (Å²) < 4.78 is 5.17. The van der Waals surface area contributed by atoms with Crippen molar-refractivity contribution < 1.29 is 0 Å². The van der Waals surface area contributed by atoms with Crippen molar-refractivity contribution in [1.82, 2.24) is 9.88 Å². The van der Waals surface area contributed by atoms with Crippen LogP contribution in [0.3, 0.4) is 0 Å². The van der Waals surface area contributed by atoms with Crippen molar-refractivity contribution in [2.24, 2.45) is 9.98 Å².